The van der Waals surface area contributed by atoms with Crippen LogP contribution in [0, 0.1) is 12.7 Å². The molecule has 1 aromatic carbocycles. The predicted octanol–water partition coefficient (Wildman–Crippen LogP) is 2.77. The van der Waals surface area contributed by atoms with Gasteiger partial charge in [0.25, 0.3) is 0 Å². The zero-order valence-corrected chi connectivity index (χ0v) is 10.9. The molecule has 3 heteroatoms. The summed E-state index contributed by atoms with van der Waals surface area (Å²) in [7, 11) is 0. The first-order chi connectivity index (χ1) is 8.00. The maximum Gasteiger partial charge on any atom is 0.126 e. The second-order valence-electron chi connectivity index (χ2n) is 4.91. The highest BCUT2D eigenvalue weighted by Gasteiger charge is 2.21. The van der Waals surface area contributed by atoms with Crippen molar-refractivity contribution in [1.82, 2.24) is 5.32 Å². The summed E-state index contributed by atoms with van der Waals surface area (Å²) in [6, 6.07) is 5.24. The fraction of sp³-hybridized carbons (Fsp3) is 0.571. The van der Waals surface area contributed by atoms with Gasteiger partial charge in [-0.05, 0) is 37.5 Å². The Bertz CT molecular complexity index is 367. The molecule has 0 bridgehead atoms. The van der Waals surface area contributed by atoms with Gasteiger partial charge in [-0.1, -0.05) is 25.5 Å². The Labute approximate surface area is 103 Å². The Morgan fingerprint density at radius 3 is 2.65 bits per heavy atom. The first-order valence-electron chi connectivity index (χ1n) is 6.11. The molecule has 1 unspecified atom stereocenters. The van der Waals surface area contributed by atoms with Crippen LogP contribution < -0.4 is 5.32 Å². The Morgan fingerprint density at radius 1 is 1.41 bits per heavy atom. The number of aliphatic hydroxyl groups excluding tert-OH is 1. The third kappa shape index (κ3) is 4.10. The van der Waals surface area contributed by atoms with Crippen LogP contribution in [0.3, 0.4) is 0 Å². The van der Waals surface area contributed by atoms with E-state index in [1.807, 2.05) is 13.0 Å². The van der Waals surface area contributed by atoms with Crippen LogP contribution >= 0.6 is 0 Å². The van der Waals surface area contributed by atoms with Gasteiger partial charge < -0.3 is 10.4 Å². The van der Waals surface area contributed by atoms with Crippen LogP contribution in [-0.4, -0.2) is 17.3 Å². The number of hydrogen-bond donors (Lipinski definition) is 2. The summed E-state index contributed by atoms with van der Waals surface area (Å²) in [4.78, 5) is 0. The second kappa shape index (κ2) is 6.12. The molecule has 96 valence electrons. The van der Waals surface area contributed by atoms with Crippen LogP contribution in [-0.2, 0) is 6.54 Å². The Kier molecular flexibility index (Phi) is 5.09. The molecule has 0 saturated heterocycles. The van der Waals surface area contributed by atoms with Gasteiger partial charge in [0.05, 0.1) is 6.61 Å². The maximum atomic E-state index is 13.4. The molecule has 0 aliphatic rings. The molecule has 0 spiro atoms. The van der Waals surface area contributed by atoms with Gasteiger partial charge in [0, 0.05) is 12.1 Å². The maximum absolute atomic E-state index is 13.4. The molecule has 0 aliphatic heterocycles. The third-order valence-electron chi connectivity index (χ3n) is 3.11. The van der Waals surface area contributed by atoms with Crippen molar-refractivity contribution < 1.29 is 9.50 Å². The van der Waals surface area contributed by atoms with Crippen molar-refractivity contribution in [3.63, 3.8) is 0 Å². The van der Waals surface area contributed by atoms with Gasteiger partial charge >= 0.3 is 0 Å². The molecule has 1 aromatic rings. The molecule has 0 saturated carbocycles. The lowest BCUT2D eigenvalue weighted by molar-refractivity contribution is 0.163. The Hall–Kier alpha value is -0.930. The molecule has 1 rings (SSSR count). The normalized spacial score (nSPS) is 14.6. The summed E-state index contributed by atoms with van der Waals surface area (Å²) in [6.07, 6.45) is 1.91. The van der Waals surface area contributed by atoms with Crippen LogP contribution in [0.2, 0.25) is 0 Å². The van der Waals surface area contributed by atoms with E-state index in [1.165, 1.54) is 0 Å². The lowest BCUT2D eigenvalue weighted by Gasteiger charge is -2.28. The zero-order chi connectivity index (χ0) is 12.9. The van der Waals surface area contributed by atoms with Crippen LogP contribution in [0.15, 0.2) is 18.2 Å². The van der Waals surface area contributed by atoms with Gasteiger partial charge in [-0.15, -0.1) is 0 Å². The van der Waals surface area contributed by atoms with Crippen molar-refractivity contribution in [3.8, 4) is 0 Å². The van der Waals surface area contributed by atoms with Gasteiger partial charge in [-0.3, -0.25) is 0 Å². The molecule has 0 aliphatic carbocycles. The largest absolute Gasteiger partial charge is 0.394 e. The van der Waals surface area contributed by atoms with Crippen molar-refractivity contribution in [2.45, 2.75) is 45.7 Å². The molecule has 0 radical (unpaired) electrons. The Balaban J connectivity index is 2.62. The average molecular weight is 239 g/mol. The molecule has 2 N–H and O–H groups in total. The summed E-state index contributed by atoms with van der Waals surface area (Å²) >= 11 is 0. The van der Waals surface area contributed by atoms with Crippen molar-refractivity contribution in [2.75, 3.05) is 6.61 Å². The number of nitrogens with one attached hydrogen (secondary N) is 1. The molecule has 0 aromatic heterocycles. The standard InChI is InChI=1S/C14H22FNO/c1-4-7-14(3,10-17)16-9-12-6-5-11(2)13(15)8-12/h5-6,8,16-17H,4,7,9-10H2,1-3H3. The van der Waals surface area contributed by atoms with Crippen molar-refractivity contribution in [3.05, 3.63) is 35.1 Å². The van der Waals surface area contributed by atoms with Crippen molar-refractivity contribution in [2.24, 2.45) is 0 Å². The fourth-order valence-electron chi connectivity index (χ4n) is 1.84. The molecule has 0 heterocycles. The summed E-state index contributed by atoms with van der Waals surface area (Å²) in [5.74, 6) is -0.175. The van der Waals surface area contributed by atoms with E-state index < -0.39 is 0 Å². The van der Waals surface area contributed by atoms with Gasteiger partial charge in [-0.25, -0.2) is 4.39 Å². The van der Waals surface area contributed by atoms with Gasteiger partial charge in [-0.2, -0.15) is 0 Å². The SMILES string of the molecule is CCCC(C)(CO)NCc1ccc(C)c(F)c1. The van der Waals surface area contributed by atoms with E-state index in [1.54, 1.807) is 19.1 Å². The topological polar surface area (TPSA) is 32.3 Å². The highest BCUT2D eigenvalue weighted by molar-refractivity contribution is 5.23. The van der Waals surface area contributed by atoms with E-state index in [2.05, 4.69) is 12.2 Å². The average Bonchev–Trinajstić information content (AvgIpc) is 2.31. The summed E-state index contributed by atoms with van der Waals surface area (Å²) < 4.78 is 13.4. The van der Waals surface area contributed by atoms with E-state index in [9.17, 15) is 9.50 Å². The highest BCUT2D eigenvalue weighted by Crippen LogP contribution is 2.14. The molecule has 2 nitrogen and oxygen atoms in total. The molecular weight excluding hydrogens is 217 g/mol. The predicted molar refractivity (Wildman–Crippen MR) is 68.4 cm³/mol. The van der Waals surface area contributed by atoms with E-state index >= 15 is 0 Å². The van der Waals surface area contributed by atoms with Gasteiger partial charge in [0.15, 0.2) is 0 Å². The van der Waals surface area contributed by atoms with Crippen LogP contribution in [0.1, 0.15) is 37.8 Å². The van der Waals surface area contributed by atoms with Gasteiger partial charge in [0.2, 0.25) is 0 Å². The number of halogens is 1. The highest BCUT2D eigenvalue weighted by atomic mass is 19.1. The van der Waals surface area contributed by atoms with Crippen molar-refractivity contribution >= 4 is 0 Å². The molecule has 17 heavy (non-hydrogen) atoms. The smallest absolute Gasteiger partial charge is 0.126 e. The minimum atomic E-state index is -0.282. The molecule has 1 atom stereocenters. The second-order valence-corrected chi connectivity index (χ2v) is 4.91. The fourth-order valence-corrected chi connectivity index (χ4v) is 1.84. The van der Waals surface area contributed by atoms with E-state index in [0.717, 1.165) is 18.4 Å². The van der Waals surface area contributed by atoms with E-state index in [4.69, 9.17) is 0 Å². The van der Waals surface area contributed by atoms with Crippen LogP contribution in [0.25, 0.3) is 0 Å². The van der Waals surface area contributed by atoms with E-state index in [-0.39, 0.29) is 18.0 Å². The Morgan fingerprint density at radius 2 is 2.12 bits per heavy atom. The first-order valence-corrected chi connectivity index (χ1v) is 6.11. The van der Waals surface area contributed by atoms with Crippen LogP contribution in [0.5, 0.6) is 0 Å². The minimum Gasteiger partial charge on any atom is -0.394 e. The van der Waals surface area contributed by atoms with Gasteiger partial charge in [0.1, 0.15) is 5.82 Å². The molecule has 0 amide bonds. The van der Waals surface area contributed by atoms with E-state index in [0.29, 0.717) is 12.1 Å². The lowest BCUT2D eigenvalue weighted by Crippen LogP contribution is -2.45. The number of aryl methyl sites for hydroxylation is 1. The number of hydrogen-bond acceptors (Lipinski definition) is 2. The molecule has 0 fully saturated rings. The number of benzene rings is 1. The lowest BCUT2D eigenvalue weighted by atomic mass is 9.97. The monoisotopic (exact) mass is 239 g/mol. The third-order valence-corrected chi connectivity index (χ3v) is 3.11. The number of aliphatic hydroxyl groups is 1. The minimum absolute atomic E-state index is 0.0924. The van der Waals surface area contributed by atoms with Crippen molar-refractivity contribution in [1.29, 1.82) is 0 Å². The zero-order valence-electron chi connectivity index (χ0n) is 10.9. The summed E-state index contributed by atoms with van der Waals surface area (Å²) in [6.45, 7) is 6.49. The molecular formula is C14H22FNO. The quantitative estimate of drug-likeness (QED) is 0.800. The van der Waals surface area contributed by atoms with Crippen LogP contribution in [0.4, 0.5) is 4.39 Å². The summed E-state index contributed by atoms with van der Waals surface area (Å²) in [5.41, 5.74) is 1.28. The number of rotatable bonds is 6. The summed E-state index contributed by atoms with van der Waals surface area (Å²) in [5, 5.41) is 12.6. The first kappa shape index (κ1) is 14.1.